The molecule has 1 heterocycles. The molecule has 1 saturated carbocycles. The molecule has 0 aromatic rings. The highest BCUT2D eigenvalue weighted by Crippen LogP contribution is 2.26. The Bertz CT molecular complexity index is 408. The summed E-state index contributed by atoms with van der Waals surface area (Å²) in [6, 6.07) is 0.0197. The molecule has 126 valence electrons. The first-order valence-electron chi connectivity index (χ1n) is 7.90. The minimum absolute atomic E-state index is 0. The van der Waals surface area contributed by atoms with Crippen LogP contribution < -0.4 is 10.5 Å². The van der Waals surface area contributed by atoms with E-state index in [4.69, 9.17) is 5.73 Å². The molecule has 21 heavy (non-hydrogen) atoms. The van der Waals surface area contributed by atoms with Crippen LogP contribution in [0.5, 0.6) is 0 Å². The van der Waals surface area contributed by atoms with Gasteiger partial charge < -0.3 is 5.73 Å². The summed E-state index contributed by atoms with van der Waals surface area (Å²) in [7, 11) is -3.36. The summed E-state index contributed by atoms with van der Waals surface area (Å²) in [5.41, 5.74) is 5.79. The molecule has 4 unspecified atom stereocenters. The standard InChI is InChI=1S/C14H29N3O2S.ClH/c1-11-7-12(2)10-17(9-11)20(18,19)16-14-6-4-3-5-13(14)8-15;/h11-14,16H,3-10,15H2,1-2H3;1H. The summed E-state index contributed by atoms with van der Waals surface area (Å²) >= 11 is 0. The number of halogens is 1. The lowest BCUT2D eigenvalue weighted by Gasteiger charge is -2.37. The highest BCUT2D eigenvalue weighted by molar-refractivity contribution is 7.87. The van der Waals surface area contributed by atoms with Gasteiger partial charge in [0.15, 0.2) is 0 Å². The van der Waals surface area contributed by atoms with Crippen LogP contribution in [0.4, 0.5) is 0 Å². The number of piperidine rings is 1. The van der Waals surface area contributed by atoms with Crippen LogP contribution in [0.15, 0.2) is 0 Å². The summed E-state index contributed by atoms with van der Waals surface area (Å²) in [6.45, 7) is 6.10. The van der Waals surface area contributed by atoms with Gasteiger partial charge in [-0.1, -0.05) is 26.7 Å². The molecule has 4 atom stereocenters. The summed E-state index contributed by atoms with van der Waals surface area (Å²) in [6.07, 6.45) is 5.33. The molecule has 0 radical (unpaired) electrons. The smallest absolute Gasteiger partial charge is 0.279 e. The molecule has 1 aliphatic heterocycles. The Labute approximate surface area is 135 Å². The Kier molecular flexibility index (Phi) is 7.40. The number of nitrogens with zero attached hydrogens (tertiary/aromatic N) is 1. The van der Waals surface area contributed by atoms with Gasteiger partial charge >= 0.3 is 0 Å². The number of nitrogens with one attached hydrogen (secondary N) is 1. The minimum Gasteiger partial charge on any atom is -0.330 e. The van der Waals surface area contributed by atoms with Crippen LogP contribution in [0, 0.1) is 17.8 Å². The molecule has 2 fully saturated rings. The van der Waals surface area contributed by atoms with Crippen LogP contribution in [0.3, 0.4) is 0 Å². The monoisotopic (exact) mass is 339 g/mol. The minimum atomic E-state index is -3.36. The van der Waals surface area contributed by atoms with Crippen molar-refractivity contribution in [3.05, 3.63) is 0 Å². The van der Waals surface area contributed by atoms with Crippen molar-refractivity contribution in [3.63, 3.8) is 0 Å². The summed E-state index contributed by atoms with van der Waals surface area (Å²) < 4.78 is 29.7. The van der Waals surface area contributed by atoms with Gasteiger partial charge in [-0.25, -0.2) is 0 Å². The molecule has 0 bridgehead atoms. The first kappa shape index (κ1) is 19.2. The van der Waals surface area contributed by atoms with Gasteiger partial charge in [0.1, 0.15) is 0 Å². The third-order valence-corrected chi connectivity index (χ3v) is 6.27. The van der Waals surface area contributed by atoms with E-state index in [-0.39, 0.29) is 24.4 Å². The Morgan fingerprint density at radius 3 is 2.29 bits per heavy atom. The second-order valence-corrected chi connectivity index (χ2v) is 8.47. The molecule has 2 rings (SSSR count). The van der Waals surface area contributed by atoms with Crippen molar-refractivity contribution in [2.45, 2.75) is 52.0 Å². The van der Waals surface area contributed by atoms with Crippen molar-refractivity contribution < 1.29 is 8.42 Å². The van der Waals surface area contributed by atoms with Crippen molar-refractivity contribution in [2.75, 3.05) is 19.6 Å². The van der Waals surface area contributed by atoms with Crippen LogP contribution in [-0.4, -0.2) is 38.4 Å². The molecule has 0 aromatic heterocycles. The molecule has 1 aliphatic carbocycles. The Morgan fingerprint density at radius 1 is 1.14 bits per heavy atom. The third-order valence-electron chi connectivity index (χ3n) is 4.69. The zero-order valence-corrected chi connectivity index (χ0v) is 14.8. The van der Waals surface area contributed by atoms with Gasteiger partial charge in [-0.3, -0.25) is 0 Å². The SMILES string of the molecule is CC1CC(C)CN(S(=O)(=O)NC2CCCCC2CN)C1.Cl. The first-order valence-corrected chi connectivity index (χ1v) is 9.34. The van der Waals surface area contributed by atoms with E-state index < -0.39 is 10.2 Å². The van der Waals surface area contributed by atoms with Crippen molar-refractivity contribution >= 4 is 22.6 Å². The van der Waals surface area contributed by atoms with Gasteiger partial charge in [-0.15, -0.1) is 12.4 Å². The molecule has 0 spiro atoms. The summed E-state index contributed by atoms with van der Waals surface area (Å²) in [4.78, 5) is 0. The van der Waals surface area contributed by atoms with Gasteiger partial charge in [0.05, 0.1) is 0 Å². The second kappa shape index (κ2) is 8.11. The van der Waals surface area contributed by atoms with Crippen molar-refractivity contribution in [1.29, 1.82) is 0 Å². The van der Waals surface area contributed by atoms with Crippen molar-refractivity contribution in [2.24, 2.45) is 23.5 Å². The topological polar surface area (TPSA) is 75.4 Å². The highest BCUT2D eigenvalue weighted by atomic mass is 35.5. The van der Waals surface area contributed by atoms with E-state index in [1.807, 2.05) is 0 Å². The fraction of sp³-hybridized carbons (Fsp3) is 1.00. The third kappa shape index (κ3) is 5.06. The van der Waals surface area contributed by atoms with Crippen LogP contribution in [-0.2, 0) is 10.2 Å². The van der Waals surface area contributed by atoms with Crippen LogP contribution >= 0.6 is 12.4 Å². The van der Waals surface area contributed by atoms with E-state index in [2.05, 4.69) is 18.6 Å². The molecule has 0 amide bonds. The van der Waals surface area contributed by atoms with Crippen LogP contribution in [0.1, 0.15) is 46.0 Å². The molecule has 5 nitrogen and oxygen atoms in total. The lowest BCUT2D eigenvalue weighted by Crippen LogP contribution is -2.53. The highest BCUT2D eigenvalue weighted by Gasteiger charge is 2.34. The van der Waals surface area contributed by atoms with E-state index in [9.17, 15) is 8.42 Å². The summed E-state index contributed by atoms with van der Waals surface area (Å²) in [5, 5.41) is 0. The number of rotatable bonds is 4. The van der Waals surface area contributed by atoms with Crippen molar-refractivity contribution in [3.8, 4) is 0 Å². The number of nitrogens with two attached hydrogens (primary N) is 1. The molecular weight excluding hydrogens is 310 g/mol. The Morgan fingerprint density at radius 2 is 1.71 bits per heavy atom. The predicted molar refractivity (Wildman–Crippen MR) is 88.6 cm³/mol. The Hall–Kier alpha value is 0.120. The van der Waals surface area contributed by atoms with Gasteiger partial charge in [0.2, 0.25) is 0 Å². The van der Waals surface area contributed by atoms with Crippen LogP contribution in [0.2, 0.25) is 0 Å². The van der Waals surface area contributed by atoms with Gasteiger partial charge in [0.25, 0.3) is 10.2 Å². The van der Waals surface area contributed by atoms with Crippen molar-refractivity contribution in [1.82, 2.24) is 9.03 Å². The maximum Gasteiger partial charge on any atom is 0.279 e. The average molecular weight is 340 g/mol. The predicted octanol–water partition coefficient (Wildman–Crippen LogP) is 1.74. The van der Waals surface area contributed by atoms with E-state index >= 15 is 0 Å². The second-order valence-electron chi connectivity index (χ2n) is 6.77. The molecule has 7 heteroatoms. The number of hydrogen-bond acceptors (Lipinski definition) is 3. The van der Waals surface area contributed by atoms with E-state index in [0.717, 1.165) is 32.1 Å². The lowest BCUT2D eigenvalue weighted by molar-refractivity contribution is 0.215. The van der Waals surface area contributed by atoms with Crippen LogP contribution in [0.25, 0.3) is 0 Å². The normalized spacial score (nSPS) is 35.2. The molecule has 0 aromatic carbocycles. The zero-order valence-electron chi connectivity index (χ0n) is 13.1. The van der Waals surface area contributed by atoms with E-state index in [1.165, 1.54) is 0 Å². The Balaban J connectivity index is 0.00000220. The quantitative estimate of drug-likeness (QED) is 0.819. The molecular formula is C14H30ClN3O2S. The van der Waals surface area contributed by atoms with E-state index in [0.29, 0.717) is 31.5 Å². The summed E-state index contributed by atoms with van der Waals surface area (Å²) in [5.74, 6) is 1.16. The number of hydrogen-bond donors (Lipinski definition) is 2. The van der Waals surface area contributed by atoms with Gasteiger partial charge in [0, 0.05) is 19.1 Å². The fourth-order valence-electron chi connectivity index (χ4n) is 3.71. The zero-order chi connectivity index (χ0) is 14.8. The first-order chi connectivity index (χ1) is 9.42. The largest absolute Gasteiger partial charge is 0.330 e. The van der Waals surface area contributed by atoms with Gasteiger partial charge in [-0.2, -0.15) is 17.4 Å². The average Bonchev–Trinajstić information content (AvgIpc) is 2.38. The molecule has 2 aliphatic rings. The lowest BCUT2D eigenvalue weighted by atomic mass is 9.85. The fourth-order valence-corrected chi connectivity index (χ4v) is 5.46. The molecule has 3 N–H and O–H groups in total. The van der Waals surface area contributed by atoms with E-state index in [1.54, 1.807) is 4.31 Å². The maximum atomic E-state index is 12.6. The molecule has 1 saturated heterocycles. The maximum absolute atomic E-state index is 12.6. The van der Waals surface area contributed by atoms with Gasteiger partial charge in [-0.05, 0) is 43.6 Å².